The van der Waals surface area contributed by atoms with E-state index in [4.69, 9.17) is 27.9 Å². The zero-order valence-corrected chi connectivity index (χ0v) is 22.9. The van der Waals surface area contributed by atoms with Gasteiger partial charge in [0.1, 0.15) is 11.5 Å². The van der Waals surface area contributed by atoms with Gasteiger partial charge >= 0.3 is 12.3 Å². The second-order valence-electron chi connectivity index (χ2n) is 9.11. The number of carbonyl (C=O) groups excluding carboxylic acids is 1. The summed E-state index contributed by atoms with van der Waals surface area (Å²) in [5.74, 6) is -1.62. The SMILES string of the molecule is CCCC(Oc1cccc(Cn2c(C)c(C(=O)c3ccc(Cl)cc3Cl)c3ccc(OC(F)(F)F)cc32)c1)C(=O)O. The molecule has 3 aromatic carbocycles. The van der Waals surface area contributed by atoms with Gasteiger partial charge in [-0.2, -0.15) is 0 Å². The number of alkyl halides is 3. The normalized spacial score (nSPS) is 12.4. The van der Waals surface area contributed by atoms with Crippen molar-refractivity contribution >= 4 is 45.9 Å². The van der Waals surface area contributed by atoms with Gasteiger partial charge < -0.3 is 19.1 Å². The van der Waals surface area contributed by atoms with Gasteiger partial charge in [-0.05, 0) is 61.4 Å². The molecule has 0 amide bonds. The van der Waals surface area contributed by atoms with Gasteiger partial charge in [-0.3, -0.25) is 4.79 Å². The summed E-state index contributed by atoms with van der Waals surface area (Å²) in [5.41, 5.74) is 1.93. The molecule has 0 aliphatic rings. The van der Waals surface area contributed by atoms with Crippen LogP contribution >= 0.6 is 23.2 Å². The molecule has 0 fully saturated rings. The predicted molar refractivity (Wildman–Crippen MR) is 146 cm³/mol. The van der Waals surface area contributed by atoms with Gasteiger partial charge in [0, 0.05) is 34.3 Å². The van der Waals surface area contributed by atoms with Crippen molar-refractivity contribution in [3.63, 3.8) is 0 Å². The fourth-order valence-electron chi connectivity index (χ4n) is 4.51. The van der Waals surface area contributed by atoms with Gasteiger partial charge in [0.15, 0.2) is 11.9 Å². The van der Waals surface area contributed by atoms with Crippen LogP contribution in [0.3, 0.4) is 0 Å². The van der Waals surface area contributed by atoms with E-state index < -0.39 is 30.0 Å². The van der Waals surface area contributed by atoms with Crippen LogP contribution < -0.4 is 9.47 Å². The smallest absolute Gasteiger partial charge is 0.479 e. The van der Waals surface area contributed by atoms with E-state index in [-0.39, 0.29) is 22.7 Å². The third-order valence-corrected chi connectivity index (χ3v) is 6.82. The molecule has 40 heavy (non-hydrogen) atoms. The molecule has 11 heteroatoms. The summed E-state index contributed by atoms with van der Waals surface area (Å²) >= 11 is 12.3. The van der Waals surface area contributed by atoms with E-state index in [0.29, 0.717) is 45.8 Å². The lowest BCUT2D eigenvalue weighted by Gasteiger charge is -2.16. The molecule has 1 aromatic heterocycles. The Hall–Kier alpha value is -3.69. The van der Waals surface area contributed by atoms with Crippen molar-refractivity contribution < 1.29 is 37.3 Å². The standard InChI is InChI=1S/C29H24Cl2F3NO5/c1-3-5-25(28(37)38)39-19-7-4-6-17(12-19)15-35-16(2)26(27(36)21-10-8-18(30)13-23(21)31)22-11-9-20(14-24(22)35)40-29(32,33)34/h4,6-14,25H,3,5,15H2,1-2H3,(H,37,38). The van der Waals surface area contributed by atoms with Crippen molar-refractivity contribution in [3.8, 4) is 11.5 Å². The Morgan fingerprint density at radius 1 is 1.02 bits per heavy atom. The van der Waals surface area contributed by atoms with Crippen LogP contribution in [-0.4, -0.2) is 33.9 Å². The zero-order valence-electron chi connectivity index (χ0n) is 21.4. The number of ether oxygens (including phenoxy) is 2. The molecular formula is C29H24Cl2F3NO5. The molecule has 1 atom stereocenters. The number of hydrogen-bond donors (Lipinski definition) is 1. The lowest BCUT2D eigenvalue weighted by atomic mass is 10.0. The number of carboxylic acid groups (broad SMARTS) is 1. The number of benzene rings is 3. The van der Waals surface area contributed by atoms with E-state index in [1.807, 2.05) is 6.92 Å². The number of halogens is 5. The first-order valence-corrected chi connectivity index (χ1v) is 13.0. The topological polar surface area (TPSA) is 77.8 Å². The second-order valence-corrected chi connectivity index (χ2v) is 9.95. The van der Waals surface area contributed by atoms with Crippen molar-refractivity contribution in [2.24, 2.45) is 0 Å². The molecule has 0 aliphatic carbocycles. The zero-order chi connectivity index (χ0) is 29.2. The van der Waals surface area contributed by atoms with Gasteiger partial charge in [-0.25, -0.2) is 4.79 Å². The van der Waals surface area contributed by atoms with Crippen LogP contribution in [-0.2, 0) is 11.3 Å². The minimum Gasteiger partial charge on any atom is -0.479 e. The molecule has 0 saturated heterocycles. The number of aliphatic carboxylic acids is 1. The van der Waals surface area contributed by atoms with Crippen molar-refractivity contribution in [2.45, 2.75) is 45.7 Å². The predicted octanol–water partition coefficient (Wildman–Crippen LogP) is 8.07. The highest BCUT2D eigenvalue weighted by Crippen LogP contribution is 2.35. The first-order chi connectivity index (χ1) is 18.9. The van der Waals surface area contributed by atoms with E-state index in [1.54, 1.807) is 35.8 Å². The maximum atomic E-state index is 13.7. The monoisotopic (exact) mass is 593 g/mol. The maximum Gasteiger partial charge on any atom is 0.573 e. The molecule has 1 heterocycles. The van der Waals surface area contributed by atoms with Crippen LogP contribution in [0.25, 0.3) is 10.9 Å². The average Bonchev–Trinajstić information content (AvgIpc) is 3.13. The number of carboxylic acids is 1. The highest BCUT2D eigenvalue weighted by atomic mass is 35.5. The average molecular weight is 594 g/mol. The Morgan fingerprint density at radius 3 is 2.42 bits per heavy atom. The van der Waals surface area contributed by atoms with Crippen molar-refractivity contribution in [3.05, 3.63) is 93.1 Å². The fraction of sp³-hybridized carbons (Fsp3) is 0.241. The van der Waals surface area contributed by atoms with E-state index >= 15 is 0 Å². The molecule has 0 radical (unpaired) electrons. The molecule has 0 spiro atoms. The number of carbonyl (C=O) groups is 2. The highest BCUT2D eigenvalue weighted by molar-refractivity contribution is 6.38. The third-order valence-electron chi connectivity index (χ3n) is 6.28. The number of rotatable bonds is 10. The first kappa shape index (κ1) is 29.3. The molecule has 0 aliphatic heterocycles. The molecule has 0 bridgehead atoms. The molecular weight excluding hydrogens is 570 g/mol. The maximum absolute atomic E-state index is 13.7. The van der Waals surface area contributed by atoms with E-state index in [0.717, 1.165) is 6.07 Å². The van der Waals surface area contributed by atoms with Crippen molar-refractivity contribution in [2.75, 3.05) is 0 Å². The Balaban J connectivity index is 1.81. The summed E-state index contributed by atoms with van der Waals surface area (Å²) in [6.45, 7) is 3.67. The first-order valence-electron chi connectivity index (χ1n) is 12.2. The number of nitrogens with zero attached hydrogens (tertiary/aromatic N) is 1. The molecule has 210 valence electrons. The van der Waals surface area contributed by atoms with Crippen molar-refractivity contribution in [1.29, 1.82) is 0 Å². The molecule has 0 saturated carbocycles. The van der Waals surface area contributed by atoms with Crippen LogP contribution in [0.1, 0.15) is 46.9 Å². The summed E-state index contributed by atoms with van der Waals surface area (Å²) in [6, 6.07) is 15.0. The number of aromatic nitrogens is 1. The van der Waals surface area contributed by atoms with E-state index in [2.05, 4.69) is 4.74 Å². The van der Waals surface area contributed by atoms with Crippen LogP contribution in [0.4, 0.5) is 13.2 Å². The number of fused-ring (bicyclic) bond motifs is 1. The van der Waals surface area contributed by atoms with E-state index in [9.17, 15) is 27.9 Å². The Morgan fingerprint density at radius 2 is 1.77 bits per heavy atom. The summed E-state index contributed by atoms with van der Waals surface area (Å²) < 4.78 is 50.5. The summed E-state index contributed by atoms with van der Waals surface area (Å²) in [7, 11) is 0. The van der Waals surface area contributed by atoms with Gasteiger partial charge in [-0.15, -0.1) is 13.2 Å². The summed E-state index contributed by atoms with van der Waals surface area (Å²) in [6.07, 6.45) is -4.99. The Kier molecular flexibility index (Phi) is 8.65. The Bertz CT molecular complexity index is 1580. The van der Waals surface area contributed by atoms with Crippen LogP contribution in [0, 0.1) is 6.92 Å². The van der Waals surface area contributed by atoms with Gasteiger partial charge in [0.2, 0.25) is 0 Å². The molecule has 1 N–H and O–H groups in total. The quantitative estimate of drug-likeness (QED) is 0.188. The third kappa shape index (κ3) is 6.54. The molecule has 6 nitrogen and oxygen atoms in total. The lowest BCUT2D eigenvalue weighted by Crippen LogP contribution is -2.26. The number of hydrogen-bond acceptors (Lipinski definition) is 4. The van der Waals surface area contributed by atoms with Crippen LogP contribution in [0.15, 0.2) is 60.7 Å². The Labute approximate surface area is 237 Å². The molecule has 1 unspecified atom stereocenters. The highest BCUT2D eigenvalue weighted by Gasteiger charge is 2.32. The molecule has 4 rings (SSSR count). The minimum absolute atomic E-state index is 0.139. The number of ketones is 1. The van der Waals surface area contributed by atoms with Gasteiger partial charge in [0.25, 0.3) is 0 Å². The summed E-state index contributed by atoms with van der Waals surface area (Å²) in [4.78, 5) is 25.2. The fourth-order valence-corrected chi connectivity index (χ4v) is 5.01. The minimum atomic E-state index is -4.90. The van der Waals surface area contributed by atoms with Gasteiger partial charge in [-0.1, -0.05) is 48.7 Å². The van der Waals surface area contributed by atoms with Crippen LogP contribution in [0.2, 0.25) is 10.0 Å². The van der Waals surface area contributed by atoms with Gasteiger partial charge in [0.05, 0.1) is 16.1 Å². The lowest BCUT2D eigenvalue weighted by molar-refractivity contribution is -0.274. The largest absolute Gasteiger partial charge is 0.573 e. The second kappa shape index (κ2) is 11.8. The van der Waals surface area contributed by atoms with Crippen molar-refractivity contribution in [1.82, 2.24) is 4.57 Å². The summed E-state index contributed by atoms with van der Waals surface area (Å²) in [5, 5.41) is 10.3. The van der Waals surface area contributed by atoms with E-state index in [1.165, 1.54) is 30.3 Å². The molecule has 4 aromatic rings. The van der Waals surface area contributed by atoms with Crippen LogP contribution in [0.5, 0.6) is 11.5 Å².